The van der Waals surface area contributed by atoms with Gasteiger partial charge in [0.15, 0.2) is 0 Å². The molecule has 4 heteroatoms. The summed E-state index contributed by atoms with van der Waals surface area (Å²) in [5.74, 6) is 0.709. The van der Waals surface area contributed by atoms with Gasteiger partial charge in [0, 0.05) is 23.9 Å². The first-order chi connectivity index (χ1) is 9.04. The van der Waals surface area contributed by atoms with Gasteiger partial charge in [-0.1, -0.05) is 0 Å². The predicted octanol–water partition coefficient (Wildman–Crippen LogP) is 2.74. The molecule has 2 aromatic rings. The minimum atomic E-state index is -0.349. The summed E-state index contributed by atoms with van der Waals surface area (Å²) < 4.78 is 16.3. The van der Waals surface area contributed by atoms with E-state index in [1.807, 2.05) is 12.1 Å². The summed E-state index contributed by atoms with van der Waals surface area (Å²) in [5, 5.41) is 0.888. The summed E-state index contributed by atoms with van der Waals surface area (Å²) >= 11 is 0. The van der Waals surface area contributed by atoms with Crippen LogP contribution in [-0.2, 0) is 4.74 Å². The first-order valence-corrected chi connectivity index (χ1v) is 6.39. The maximum atomic E-state index is 11.2. The van der Waals surface area contributed by atoms with Crippen LogP contribution in [0.4, 0.5) is 0 Å². The lowest BCUT2D eigenvalue weighted by Crippen LogP contribution is -2.07. The number of ether oxygens (including phenoxy) is 2. The van der Waals surface area contributed by atoms with Crippen LogP contribution in [0.1, 0.15) is 20.3 Å². The van der Waals surface area contributed by atoms with E-state index in [0.717, 1.165) is 11.8 Å². The molecule has 2 heterocycles. The van der Waals surface area contributed by atoms with E-state index in [-0.39, 0.29) is 17.3 Å². The summed E-state index contributed by atoms with van der Waals surface area (Å²) in [6.07, 6.45) is 1.15. The third-order valence-corrected chi connectivity index (χ3v) is 3.41. The number of epoxide rings is 1. The fourth-order valence-corrected chi connectivity index (χ4v) is 2.15. The van der Waals surface area contributed by atoms with E-state index in [0.29, 0.717) is 17.9 Å². The molecule has 100 valence electrons. The number of fused-ring (bicyclic) bond motifs is 1. The fraction of sp³-hybridized carbons (Fsp3) is 0.400. The van der Waals surface area contributed by atoms with E-state index < -0.39 is 0 Å². The molecule has 0 radical (unpaired) electrons. The summed E-state index contributed by atoms with van der Waals surface area (Å²) in [6.45, 7) is 4.74. The zero-order chi connectivity index (χ0) is 13.5. The van der Waals surface area contributed by atoms with Gasteiger partial charge in [-0.3, -0.25) is 0 Å². The monoisotopic (exact) mass is 260 g/mol. The molecule has 0 N–H and O–H groups in total. The third-order valence-electron chi connectivity index (χ3n) is 3.41. The van der Waals surface area contributed by atoms with Gasteiger partial charge in [0.05, 0.1) is 18.3 Å². The minimum absolute atomic E-state index is 0.000459. The molecule has 1 aliphatic rings. The Kier molecular flexibility index (Phi) is 2.82. The Morgan fingerprint density at radius 1 is 1.26 bits per heavy atom. The highest BCUT2D eigenvalue weighted by atomic mass is 16.6. The van der Waals surface area contributed by atoms with Crippen LogP contribution in [0.2, 0.25) is 0 Å². The molecule has 1 saturated heterocycles. The van der Waals surface area contributed by atoms with Crippen molar-refractivity contribution < 1.29 is 13.9 Å². The van der Waals surface area contributed by atoms with Gasteiger partial charge in [-0.2, -0.15) is 0 Å². The highest BCUT2D eigenvalue weighted by Gasteiger charge is 2.47. The third kappa shape index (κ3) is 2.63. The highest BCUT2D eigenvalue weighted by molar-refractivity contribution is 5.77. The van der Waals surface area contributed by atoms with Crippen LogP contribution in [0.5, 0.6) is 5.75 Å². The van der Waals surface area contributed by atoms with Crippen LogP contribution < -0.4 is 10.4 Å². The molecule has 0 bridgehead atoms. The maximum Gasteiger partial charge on any atom is 0.336 e. The Morgan fingerprint density at radius 2 is 2.00 bits per heavy atom. The fourth-order valence-electron chi connectivity index (χ4n) is 2.15. The van der Waals surface area contributed by atoms with Gasteiger partial charge in [0.2, 0.25) is 0 Å². The van der Waals surface area contributed by atoms with Crippen molar-refractivity contribution in [2.75, 3.05) is 6.61 Å². The Balaban J connectivity index is 1.66. The Hall–Kier alpha value is -1.81. The molecule has 4 nitrogen and oxygen atoms in total. The molecule has 1 fully saturated rings. The lowest BCUT2D eigenvalue weighted by molar-refractivity contribution is 0.274. The van der Waals surface area contributed by atoms with Gasteiger partial charge >= 0.3 is 5.63 Å². The van der Waals surface area contributed by atoms with E-state index in [1.165, 1.54) is 6.07 Å². The van der Waals surface area contributed by atoms with Gasteiger partial charge in [0.25, 0.3) is 0 Å². The number of benzene rings is 1. The molecule has 1 aliphatic heterocycles. The summed E-state index contributed by atoms with van der Waals surface area (Å²) in [6, 6.07) is 8.66. The van der Waals surface area contributed by atoms with Gasteiger partial charge in [0.1, 0.15) is 11.3 Å². The van der Waals surface area contributed by atoms with Gasteiger partial charge in [-0.15, -0.1) is 0 Å². The first-order valence-electron chi connectivity index (χ1n) is 6.39. The van der Waals surface area contributed by atoms with Gasteiger partial charge in [-0.25, -0.2) is 4.79 Å². The molecule has 1 aromatic carbocycles. The molecule has 3 rings (SSSR count). The number of rotatable bonds is 4. The SMILES string of the molecule is CC1(C)OC1CCOc1ccc2ccc(=O)oc2c1. The molecule has 0 saturated carbocycles. The minimum Gasteiger partial charge on any atom is -0.493 e. The molecule has 19 heavy (non-hydrogen) atoms. The normalized spacial score (nSPS) is 20.4. The second-order valence-electron chi connectivity index (χ2n) is 5.30. The van der Waals surface area contributed by atoms with Gasteiger partial charge in [-0.05, 0) is 32.0 Å². The Bertz CT molecular complexity index is 656. The summed E-state index contributed by atoms with van der Waals surface area (Å²) in [4.78, 5) is 11.2. The van der Waals surface area contributed by atoms with Gasteiger partial charge < -0.3 is 13.9 Å². The van der Waals surface area contributed by atoms with Crippen molar-refractivity contribution in [3.8, 4) is 5.75 Å². The summed E-state index contributed by atoms with van der Waals surface area (Å²) in [7, 11) is 0. The first kappa shape index (κ1) is 12.2. The number of hydrogen-bond acceptors (Lipinski definition) is 4. The average molecular weight is 260 g/mol. The number of hydrogen-bond donors (Lipinski definition) is 0. The van der Waals surface area contributed by atoms with Crippen LogP contribution in [-0.4, -0.2) is 18.3 Å². The largest absolute Gasteiger partial charge is 0.493 e. The van der Waals surface area contributed by atoms with Crippen molar-refractivity contribution in [3.05, 3.63) is 40.8 Å². The van der Waals surface area contributed by atoms with E-state index in [4.69, 9.17) is 13.9 Å². The van der Waals surface area contributed by atoms with E-state index in [2.05, 4.69) is 13.8 Å². The maximum absolute atomic E-state index is 11.2. The molecule has 1 atom stereocenters. The van der Waals surface area contributed by atoms with Crippen LogP contribution in [0.15, 0.2) is 39.5 Å². The van der Waals surface area contributed by atoms with Crippen molar-refractivity contribution in [1.29, 1.82) is 0 Å². The zero-order valence-corrected chi connectivity index (χ0v) is 11.0. The van der Waals surface area contributed by atoms with Crippen molar-refractivity contribution in [3.63, 3.8) is 0 Å². The van der Waals surface area contributed by atoms with Crippen molar-refractivity contribution >= 4 is 11.0 Å². The Morgan fingerprint density at radius 3 is 2.74 bits per heavy atom. The quantitative estimate of drug-likeness (QED) is 0.626. The lowest BCUT2D eigenvalue weighted by atomic mass is 10.1. The van der Waals surface area contributed by atoms with Crippen LogP contribution in [0.3, 0.4) is 0 Å². The smallest absolute Gasteiger partial charge is 0.336 e. The molecule has 1 aromatic heterocycles. The van der Waals surface area contributed by atoms with E-state index >= 15 is 0 Å². The van der Waals surface area contributed by atoms with Crippen LogP contribution in [0, 0.1) is 0 Å². The van der Waals surface area contributed by atoms with Crippen molar-refractivity contribution in [2.24, 2.45) is 0 Å². The van der Waals surface area contributed by atoms with E-state index in [9.17, 15) is 4.79 Å². The highest BCUT2D eigenvalue weighted by Crippen LogP contribution is 2.37. The molecule has 1 unspecified atom stereocenters. The molecule has 0 aliphatic carbocycles. The van der Waals surface area contributed by atoms with Crippen LogP contribution in [0.25, 0.3) is 11.0 Å². The standard InChI is InChI=1S/C15H16O4/c1-15(2)13(19-15)7-8-17-11-5-3-10-4-6-14(16)18-12(10)9-11/h3-6,9,13H,7-8H2,1-2H3. The van der Waals surface area contributed by atoms with Crippen LogP contribution >= 0.6 is 0 Å². The molecular weight excluding hydrogens is 244 g/mol. The average Bonchev–Trinajstić information content (AvgIpc) is 2.96. The van der Waals surface area contributed by atoms with Crippen molar-refractivity contribution in [2.45, 2.75) is 32.0 Å². The topological polar surface area (TPSA) is 52.0 Å². The zero-order valence-electron chi connectivity index (χ0n) is 11.0. The Labute approximate surface area is 110 Å². The second kappa shape index (κ2) is 4.38. The lowest BCUT2D eigenvalue weighted by Gasteiger charge is -2.06. The van der Waals surface area contributed by atoms with E-state index in [1.54, 1.807) is 12.1 Å². The predicted molar refractivity (Wildman–Crippen MR) is 71.5 cm³/mol. The molecule has 0 amide bonds. The van der Waals surface area contributed by atoms with Crippen molar-refractivity contribution in [1.82, 2.24) is 0 Å². The molecular formula is C15H16O4. The molecule has 0 spiro atoms. The second-order valence-corrected chi connectivity index (χ2v) is 5.30. The summed E-state index contributed by atoms with van der Waals surface area (Å²) in [5.41, 5.74) is 0.199.